The Balaban J connectivity index is 2.26. The Morgan fingerprint density at radius 2 is 2.05 bits per heavy atom. The van der Waals surface area contributed by atoms with Crippen molar-refractivity contribution in [3.05, 3.63) is 41.7 Å². The molecule has 0 aliphatic heterocycles. The van der Waals surface area contributed by atoms with Gasteiger partial charge in [-0.25, -0.2) is 9.97 Å². The van der Waals surface area contributed by atoms with Crippen molar-refractivity contribution in [2.75, 3.05) is 19.0 Å². The number of benzene rings is 1. The van der Waals surface area contributed by atoms with Crippen LogP contribution in [-0.2, 0) is 17.8 Å². The molecule has 2 aromatic rings. The Labute approximate surface area is 125 Å². The predicted octanol–water partition coefficient (Wildman–Crippen LogP) is 3.41. The predicted molar refractivity (Wildman–Crippen MR) is 82.8 cm³/mol. The minimum absolute atomic E-state index is 0.560. The second-order valence-electron chi connectivity index (χ2n) is 4.57. The van der Waals surface area contributed by atoms with Gasteiger partial charge in [0.05, 0.1) is 12.2 Å². The van der Waals surface area contributed by atoms with E-state index in [1.807, 2.05) is 31.2 Å². The van der Waals surface area contributed by atoms with Crippen molar-refractivity contribution in [1.82, 2.24) is 9.97 Å². The zero-order valence-corrected chi connectivity index (χ0v) is 12.7. The van der Waals surface area contributed by atoms with Crippen LogP contribution in [0.4, 0.5) is 5.82 Å². The number of aromatic nitrogens is 2. The van der Waals surface area contributed by atoms with Crippen LogP contribution in [-0.4, -0.2) is 23.6 Å². The third-order valence-corrected chi connectivity index (χ3v) is 3.03. The van der Waals surface area contributed by atoms with Crippen LogP contribution < -0.4 is 10.1 Å². The first-order chi connectivity index (χ1) is 10.3. The first kappa shape index (κ1) is 15.3. The van der Waals surface area contributed by atoms with Crippen molar-refractivity contribution in [2.24, 2.45) is 0 Å². The molecule has 1 heterocycles. The molecular weight excluding hydrogens is 266 g/mol. The summed E-state index contributed by atoms with van der Waals surface area (Å²) in [5.74, 6) is 2.18. The van der Waals surface area contributed by atoms with E-state index in [1.165, 1.54) is 6.33 Å². The highest BCUT2D eigenvalue weighted by molar-refractivity contribution is 5.49. The first-order valence-corrected chi connectivity index (χ1v) is 7.12. The van der Waals surface area contributed by atoms with E-state index in [-0.39, 0.29) is 0 Å². The molecular formula is C16H21N3O2. The molecule has 0 spiro atoms. The van der Waals surface area contributed by atoms with Gasteiger partial charge in [0, 0.05) is 13.7 Å². The van der Waals surface area contributed by atoms with E-state index in [9.17, 15) is 0 Å². The molecule has 1 N–H and O–H groups in total. The molecule has 112 valence electrons. The molecule has 0 atom stereocenters. The molecule has 0 radical (unpaired) electrons. The lowest BCUT2D eigenvalue weighted by Crippen LogP contribution is -2.05. The summed E-state index contributed by atoms with van der Waals surface area (Å²) in [5, 5.41) is 3.23. The smallest absolute Gasteiger partial charge is 0.227 e. The fourth-order valence-corrected chi connectivity index (χ4v) is 2.10. The van der Waals surface area contributed by atoms with Crippen LogP contribution in [0.1, 0.15) is 25.0 Å². The minimum atomic E-state index is 0.560. The number of hydrogen-bond donors (Lipinski definition) is 1. The molecule has 1 aromatic heterocycles. The summed E-state index contributed by atoms with van der Waals surface area (Å²) in [6.45, 7) is 5.47. The Morgan fingerprint density at radius 3 is 2.76 bits per heavy atom. The molecule has 0 amide bonds. The van der Waals surface area contributed by atoms with Gasteiger partial charge in [-0.1, -0.05) is 19.1 Å². The number of nitrogens with zero attached hydrogens (tertiary/aromatic N) is 2. The third kappa shape index (κ3) is 3.92. The molecule has 5 nitrogen and oxygen atoms in total. The number of nitrogens with one attached hydrogen (secondary N) is 1. The Bertz CT molecular complexity index is 587. The van der Waals surface area contributed by atoms with Gasteiger partial charge in [-0.15, -0.1) is 0 Å². The highest BCUT2D eigenvalue weighted by Crippen LogP contribution is 2.27. The lowest BCUT2D eigenvalue weighted by molar-refractivity contribution is 0.184. The summed E-state index contributed by atoms with van der Waals surface area (Å²) < 4.78 is 11.1. The Morgan fingerprint density at radius 1 is 1.19 bits per heavy atom. The second-order valence-corrected chi connectivity index (χ2v) is 4.57. The fraction of sp³-hybridized carbons (Fsp3) is 0.375. The topological polar surface area (TPSA) is 56.3 Å². The minimum Gasteiger partial charge on any atom is -0.439 e. The highest BCUT2D eigenvalue weighted by atomic mass is 16.5. The molecule has 0 aliphatic rings. The van der Waals surface area contributed by atoms with E-state index in [0.717, 1.165) is 35.7 Å². The van der Waals surface area contributed by atoms with Crippen LogP contribution in [0.5, 0.6) is 11.6 Å². The van der Waals surface area contributed by atoms with Crippen molar-refractivity contribution in [3.63, 3.8) is 0 Å². The normalized spacial score (nSPS) is 10.4. The molecule has 0 fully saturated rings. The average molecular weight is 287 g/mol. The van der Waals surface area contributed by atoms with Crippen LogP contribution in [0.25, 0.3) is 0 Å². The lowest BCUT2D eigenvalue weighted by Gasteiger charge is -2.13. The number of methoxy groups -OCH3 is 1. The molecule has 2 rings (SSSR count). The summed E-state index contributed by atoms with van der Waals surface area (Å²) >= 11 is 0. The van der Waals surface area contributed by atoms with E-state index >= 15 is 0 Å². The Kier molecular flexibility index (Phi) is 5.51. The molecule has 21 heavy (non-hydrogen) atoms. The maximum atomic E-state index is 5.93. The monoisotopic (exact) mass is 287 g/mol. The quantitative estimate of drug-likeness (QED) is 0.845. The zero-order chi connectivity index (χ0) is 15.1. The summed E-state index contributed by atoms with van der Waals surface area (Å²) in [5.41, 5.74) is 2.05. The molecule has 0 aliphatic carbocycles. The van der Waals surface area contributed by atoms with Gasteiger partial charge in [-0.2, -0.15) is 0 Å². The standard InChI is InChI=1S/C16H21N3O2/c1-4-14-15(17-5-2)18-11-19-16(14)21-13-8-6-7-12(9-13)10-20-3/h6-9,11H,4-5,10H2,1-3H3,(H,17,18,19). The van der Waals surface area contributed by atoms with Crippen molar-refractivity contribution >= 4 is 5.82 Å². The number of rotatable bonds is 7. The van der Waals surface area contributed by atoms with Gasteiger partial charge < -0.3 is 14.8 Å². The third-order valence-electron chi connectivity index (χ3n) is 3.03. The van der Waals surface area contributed by atoms with Gasteiger partial charge in [0.25, 0.3) is 0 Å². The largest absolute Gasteiger partial charge is 0.439 e. The molecule has 0 saturated heterocycles. The molecule has 0 bridgehead atoms. The van der Waals surface area contributed by atoms with Gasteiger partial charge >= 0.3 is 0 Å². The van der Waals surface area contributed by atoms with Gasteiger partial charge in [-0.05, 0) is 31.0 Å². The lowest BCUT2D eigenvalue weighted by atomic mass is 10.2. The first-order valence-electron chi connectivity index (χ1n) is 7.12. The maximum Gasteiger partial charge on any atom is 0.227 e. The van der Waals surface area contributed by atoms with Crippen molar-refractivity contribution in [2.45, 2.75) is 26.9 Å². The summed E-state index contributed by atoms with van der Waals surface area (Å²) in [6.07, 6.45) is 2.32. The van der Waals surface area contributed by atoms with Crippen molar-refractivity contribution in [1.29, 1.82) is 0 Å². The fourth-order valence-electron chi connectivity index (χ4n) is 2.10. The molecule has 0 unspecified atom stereocenters. The summed E-state index contributed by atoms with van der Waals surface area (Å²) in [6, 6.07) is 7.81. The number of anilines is 1. The van der Waals surface area contributed by atoms with E-state index in [4.69, 9.17) is 9.47 Å². The van der Waals surface area contributed by atoms with Gasteiger partial charge in [0.1, 0.15) is 17.9 Å². The zero-order valence-electron chi connectivity index (χ0n) is 12.7. The van der Waals surface area contributed by atoms with Crippen LogP contribution in [0.15, 0.2) is 30.6 Å². The number of hydrogen-bond acceptors (Lipinski definition) is 5. The van der Waals surface area contributed by atoms with E-state index < -0.39 is 0 Å². The number of ether oxygens (including phenoxy) is 2. The SMILES string of the molecule is CCNc1ncnc(Oc2cccc(COC)c2)c1CC. The van der Waals surface area contributed by atoms with Crippen LogP contribution in [0.3, 0.4) is 0 Å². The van der Waals surface area contributed by atoms with Crippen LogP contribution >= 0.6 is 0 Å². The average Bonchev–Trinajstić information content (AvgIpc) is 2.49. The Hall–Kier alpha value is -2.14. The van der Waals surface area contributed by atoms with Crippen molar-refractivity contribution in [3.8, 4) is 11.6 Å². The summed E-state index contributed by atoms with van der Waals surface area (Å²) in [7, 11) is 1.68. The van der Waals surface area contributed by atoms with Crippen molar-refractivity contribution < 1.29 is 9.47 Å². The maximum absolute atomic E-state index is 5.93. The molecule has 0 saturated carbocycles. The molecule has 5 heteroatoms. The van der Waals surface area contributed by atoms with Gasteiger partial charge in [-0.3, -0.25) is 0 Å². The van der Waals surface area contributed by atoms with Gasteiger partial charge in [0.15, 0.2) is 0 Å². The van der Waals surface area contributed by atoms with E-state index in [0.29, 0.717) is 12.5 Å². The van der Waals surface area contributed by atoms with Crippen LogP contribution in [0.2, 0.25) is 0 Å². The highest BCUT2D eigenvalue weighted by Gasteiger charge is 2.11. The van der Waals surface area contributed by atoms with E-state index in [2.05, 4.69) is 22.2 Å². The van der Waals surface area contributed by atoms with Gasteiger partial charge in [0.2, 0.25) is 5.88 Å². The second kappa shape index (κ2) is 7.59. The summed E-state index contributed by atoms with van der Waals surface area (Å²) in [4.78, 5) is 8.53. The van der Waals surface area contributed by atoms with E-state index in [1.54, 1.807) is 7.11 Å². The molecule has 1 aromatic carbocycles. The van der Waals surface area contributed by atoms with Crippen LogP contribution in [0, 0.1) is 0 Å².